The standard InChI is InChI=1S/C15H24N2O/c1-12(2)11-15(7-4-5-8-15)14(18)10-13-6-9-17(3)16-13/h6,9,12H,4-5,7-8,10-11H2,1-3H3. The molecule has 1 fully saturated rings. The molecule has 1 heterocycles. The molecule has 2 rings (SSSR count). The Morgan fingerprint density at radius 3 is 2.61 bits per heavy atom. The SMILES string of the molecule is CC(C)CC1(C(=O)Cc2ccn(C)n2)CCCC1. The summed E-state index contributed by atoms with van der Waals surface area (Å²) in [6, 6.07) is 1.95. The molecule has 1 aliphatic rings. The van der Waals surface area contributed by atoms with Crippen molar-refractivity contribution in [3.8, 4) is 0 Å². The summed E-state index contributed by atoms with van der Waals surface area (Å²) in [4.78, 5) is 12.6. The number of aryl methyl sites for hydroxylation is 1. The highest BCUT2D eigenvalue weighted by molar-refractivity contribution is 5.86. The maximum Gasteiger partial charge on any atom is 0.145 e. The Morgan fingerprint density at radius 1 is 1.44 bits per heavy atom. The Hall–Kier alpha value is -1.12. The van der Waals surface area contributed by atoms with Gasteiger partial charge >= 0.3 is 0 Å². The van der Waals surface area contributed by atoms with Gasteiger partial charge in [-0.25, -0.2) is 0 Å². The van der Waals surface area contributed by atoms with Crippen molar-refractivity contribution in [3.63, 3.8) is 0 Å². The van der Waals surface area contributed by atoms with Gasteiger partial charge in [0.05, 0.1) is 12.1 Å². The van der Waals surface area contributed by atoms with Gasteiger partial charge in [0.1, 0.15) is 5.78 Å². The number of Topliss-reactive ketones (excluding diaryl/α,β-unsaturated/α-hetero) is 1. The molecule has 1 aromatic rings. The third kappa shape index (κ3) is 2.82. The van der Waals surface area contributed by atoms with Gasteiger partial charge in [-0.15, -0.1) is 0 Å². The minimum absolute atomic E-state index is 0.0499. The average Bonchev–Trinajstić information content (AvgIpc) is 2.88. The van der Waals surface area contributed by atoms with Crippen LogP contribution in [0.3, 0.4) is 0 Å². The molecule has 0 bridgehead atoms. The summed E-state index contributed by atoms with van der Waals surface area (Å²) >= 11 is 0. The highest BCUT2D eigenvalue weighted by atomic mass is 16.1. The highest BCUT2D eigenvalue weighted by Gasteiger charge is 2.40. The topological polar surface area (TPSA) is 34.9 Å². The van der Waals surface area contributed by atoms with Crippen LogP contribution in [0.5, 0.6) is 0 Å². The van der Waals surface area contributed by atoms with E-state index in [1.165, 1.54) is 12.8 Å². The smallest absolute Gasteiger partial charge is 0.145 e. The number of nitrogens with zero attached hydrogens (tertiary/aromatic N) is 2. The van der Waals surface area contributed by atoms with Crippen molar-refractivity contribution in [1.82, 2.24) is 9.78 Å². The van der Waals surface area contributed by atoms with Crippen LogP contribution in [0.25, 0.3) is 0 Å². The molecule has 1 aromatic heterocycles. The monoisotopic (exact) mass is 248 g/mol. The zero-order valence-corrected chi connectivity index (χ0v) is 11.8. The minimum atomic E-state index is -0.0499. The second-order valence-electron chi connectivity index (χ2n) is 6.17. The van der Waals surface area contributed by atoms with Crippen molar-refractivity contribution in [1.29, 1.82) is 0 Å². The molecule has 3 nitrogen and oxygen atoms in total. The van der Waals surface area contributed by atoms with Crippen molar-refractivity contribution in [2.24, 2.45) is 18.4 Å². The highest BCUT2D eigenvalue weighted by Crippen LogP contribution is 2.44. The summed E-state index contributed by atoms with van der Waals surface area (Å²) in [6.07, 6.45) is 8.04. The molecule has 1 saturated carbocycles. The molecule has 0 radical (unpaired) electrons. The van der Waals surface area contributed by atoms with Gasteiger partial charge in [0.2, 0.25) is 0 Å². The van der Waals surface area contributed by atoms with E-state index in [2.05, 4.69) is 18.9 Å². The Labute approximate surface area is 110 Å². The molecule has 0 atom stereocenters. The van der Waals surface area contributed by atoms with E-state index >= 15 is 0 Å². The van der Waals surface area contributed by atoms with Crippen LogP contribution in [0.1, 0.15) is 51.6 Å². The molecule has 100 valence electrons. The first-order chi connectivity index (χ1) is 8.52. The van der Waals surface area contributed by atoms with Gasteiger partial charge in [0.25, 0.3) is 0 Å². The quantitative estimate of drug-likeness (QED) is 0.802. The summed E-state index contributed by atoms with van der Waals surface area (Å²) in [7, 11) is 1.90. The molecule has 0 aliphatic heterocycles. The van der Waals surface area contributed by atoms with Crippen LogP contribution in [0.4, 0.5) is 0 Å². The fourth-order valence-corrected chi connectivity index (χ4v) is 3.34. The lowest BCUT2D eigenvalue weighted by atomic mass is 9.74. The number of aromatic nitrogens is 2. The van der Waals surface area contributed by atoms with Gasteiger partial charge in [-0.05, 0) is 31.2 Å². The summed E-state index contributed by atoms with van der Waals surface area (Å²) < 4.78 is 1.77. The fourth-order valence-electron chi connectivity index (χ4n) is 3.34. The maximum absolute atomic E-state index is 12.6. The average molecular weight is 248 g/mol. The maximum atomic E-state index is 12.6. The van der Waals surface area contributed by atoms with E-state index in [4.69, 9.17) is 0 Å². The first-order valence-electron chi connectivity index (χ1n) is 7.04. The molecule has 3 heteroatoms. The largest absolute Gasteiger partial charge is 0.299 e. The summed E-state index contributed by atoms with van der Waals surface area (Å²) in [5.41, 5.74) is 0.864. The summed E-state index contributed by atoms with van der Waals surface area (Å²) in [6.45, 7) is 4.43. The first kappa shape index (κ1) is 13.3. The van der Waals surface area contributed by atoms with Crippen molar-refractivity contribution in [3.05, 3.63) is 18.0 Å². The third-order valence-electron chi connectivity index (χ3n) is 4.06. The van der Waals surface area contributed by atoms with Gasteiger partial charge in [0, 0.05) is 18.7 Å². The van der Waals surface area contributed by atoms with Crippen LogP contribution < -0.4 is 0 Å². The molecule has 0 unspecified atom stereocenters. The lowest BCUT2D eigenvalue weighted by Gasteiger charge is -2.29. The molecule has 0 saturated heterocycles. The van der Waals surface area contributed by atoms with Gasteiger partial charge in [-0.2, -0.15) is 5.10 Å². The number of carbonyl (C=O) groups is 1. The number of carbonyl (C=O) groups excluding carboxylic acids is 1. The van der Waals surface area contributed by atoms with E-state index in [9.17, 15) is 4.79 Å². The minimum Gasteiger partial charge on any atom is -0.299 e. The molecule has 0 amide bonds. The van der Waals surface area contributed by atoms with E-state index < -0.39 is 0 Å². The van der Waals surface area contributed by atoms with Crippen LogP contribution >= 0.6 is 0 Å². The molecule has 1 aliphatic carbocycles. The van der Waals surface area contributed by atoms with Crippen LogP contribution in [0.15, 0.2) is 12.3 Å². The number of rotatable bonds is 5. The van der Waals surface area contributed by atoms with E-state index in [1.54, 1.807) is 4.68 Å². The predicted octanol–water partition coefficient (Wildman–Crippen LogP) is 3.14. The molecule has 0 spiro atoms. The second kappa shape index (κ2) is 5.25. The normalized spacial score (nSPS) is 18.4. The zero-order chi connectivity index (χ0) is 13.2. The Morgan fingerprint density at radius 2 is 2.11 bits per heavy atom. The first-order valence-corrected chi connectivity index (χ1v) is 7.04. The molecular weight excluding hydrogens is 224 g/mol. The van der Waals surface area contributed by atoms with E-state index in [0.29, 0.717) is 18.1 Å². The molecular formula is C15H24N2O. The molecule has 0 aromatic carbocycles. The fraction of sp³-hybridized carbons (Fsp3) is 0.733. The summed E-state index contributed by atoms with van der Waals surface area (Å²) in [5, 5.41) is 4.33. The van der Waals surface area contributed by atoms with Crippen molar-refractivity contribution >= 4 is 5.78 Å². The van der Waals surface area contributed by atoms with Crippen LogP contribution in [0.2, 0.25) is 0 Å². The zero-order valence-electron chi connectivity index (χ0n) is 11.8. The van der Waals surface area contributed by atoms with Gasteiger partial charge in [-0.3, -0.25) is 9.48 Å². The molecule has 0 N–H and O–H groups in total. The van der Waals surface area contributed by atoms with Gasteiger partial charge in [0.15, 0.2) is 0 Å². The van der Waals surface area contributed by atoms with Gasteiger partial charge in [-0.1, -0.05) is 26.7 Å². The second-order valence-corrected chi connectivity index (χ2v) is 6.17. The van der Waals surface area contributed by atoms with Crippen LogP contribution in [-0.4, -0.2) is 15.6 Å². The lowest BCUT2D eigenvalue weighted by molar-refractivity contribution is -0.128. The Bertz CT molecular complexity index is 414. The van der Waals surface area contributed by atoms with E-state index in [0.717, 1.165) is 25.0 Å². The van der Waals surface area contributed by atoms with Crippen molar-refractivity contribution in [2.75, 3.05) is 0 Å². The summed E-state index contributed by atoms with van der Waals surface area (Å²) in [5.74, 6) is 1.00. The lowest BCUT2D eigenvalue weighted by Crippen LogP contribution is -2.31. The molecule has 18 heavy (non-hydrogen) atoms. The van der Waals surface area contributed by atoms with Crippen molar-refractivity contribution < 1.29 is 4.79 Å². The Balaban J connectivity index is 2.09. The van der Waals surface area contributed by atoms with E-state index in [1.807, 2.05) is 19.3 Å². The third-order valence-corrected chi connectivity index (χ3v) is 4.06. The Kier molecular flexibility index (Phi) is 3.88. The van der Waals surface area contributed by atoms with Crippen LogP contribution in [0, 0.1) is 11.3 Å². The van der Waals surface area contributed by atoms with E-state index in [-0.39, 0.29) is 5.41 Å². The van der Waals surface area contributed by atoms with Crippen molar-refractivity contribution in [2.45, 2.75) is 52.4 Å². The number of hydrogen-bond donors (Lipinski definition) is 0. The number of ketones is 1. The van der Waals surface area contributed by atoms with Crippen LogP contribution in [-0.2, 0) is 18.3 Å². The number of hydrogen-bond acceptors (Lipinski definition) is 2. The van der Waals surface area contributed by atoms with Gasteiger partial charge < -0.3 is 0 Å². The predicted molar refractivity (Wildman–Crippen MR) is 72.3 cm³/mol.